The van der Waals surface area contributed by atoms with Gasteiger partial charge in [0.2, 0.25) is 5.88 Å². The van der Waals surface area contributed by atoms with Crippen LogP contribution >= 0.6 is 22.9 Å². The molecule has 0 saturated carbocycles. The molecule has 0 aromatic carbocycles. The van der Waals surface area contributed by atoms with Gasteiger partial charge in [-0.1, -0.05) is 11.6 Å². The number of fused-ring (bicyclic) bond motifs is 1. The van der Waals surface area contributed by atoms with Crippen molar-refractivity contribution in [3.63, 3.8) is 0 Å². The van der Waals surface area contributed by atoms with E-state index >= 15 is 0 Å². The van der Waals surface area contributed by atoms with Crippen molar-refractivity contribution in [3.05, 3.63) is 10.2 Å². The molecular formula is C12H13ClN4O3S. The molecule has 9 heteroatoms. The molecule has 2 aromatic heterocycles. The maximum Gasteiger partial charge on any atom is 0.277 e. The van der Waals surface area contributed by atoms with Gasteiger partial charge in [-0.25, -0.2) is 4.98 Å². The molecule has 3 rings (SSSR count). The van der Waals surface area contributed by atoms with Gasteiger partial charge in [0.25, 0.3) is 5.91 Å². The van der Waals surface area contributed by atoms with Crippen LogP contribution in [0.15, 0.2) is 0 Å². The number of anilines is 1. The molecule has 0 spiro atoms. The number of pyridine rings is 1. The molecule has 0 radical (unpaired) electrons. The summed E-state index contributed by atoms with van der Waals surface area (Å²) in [6.07, 6.45) is 0. The average Bonchev–Trinajstić information content (AvgIpc) is 2.92. The molecule has 2 N–H and O–H groups in total. The number of carbonyl (C=O) groups is 1. The highest BCUT2D eigenvalue weighted by atomic mass is 35.5. The molecule has 21 heavy (non-hydrogen) atoms. The van der Waals surface area contributed by atoms with E-state index in [2.05, 4.69) is 14.9 Å². The van der Waals surface area contributed by atoms with Crippen LogP contribution in [-0.2, 0) is 4.74 Å². The zero-order valence-electron chi connectivity index (χ0n) is 11.3. The van der Waals surface area contributed by atoms with Crippen LogP contribution in [0, 0.1) is 0 Å². The van der Waals surface area contributed by atoms with Crippen molar-refractivity contribution < 1.29 is 14.3 Å². The van der Waals surface area contributed by atoms with E-state index in [0.29, 0.717) is 37.0 Å². The van der Waals surface area contributed by atoms with Crippen molar-refractivity contribution in [2.24, 2.45) is 5.73 Å². The lowest BCUT2D eigenvalue weighted by molar-refractivity contribution is 0.1000. The smallest absolute Gasteiger partial charge is 0.277 e. The molecule has 1 amide bonds. The molecule has 0 unspecified atom stereocenters. The Balaban J connectivity index is 2.22. The second kappa shape index (κ2) is 5.63. The second-order valence-electron chi connectivity index (χ2n) is 4.42. The summed E-state index contributed by atoms with van der Waals surface area (Å²) in [5, 5.41) is 0.530. The number of rotatable bonds is 3. The Morgan fingerprint density at radius 1 is 1.43 bits per heavy atom. The third kappa shape index (κ3) is 2.50. The number of ether oxygens (including phenoxy) is 2. The van der Waals surface area contributed by atoms with E-state index in [9.17, 15) is 4.79 Å². The highest BCUT2D eigenvalue weighted by Gasteiger charge is 2.24. The minimum atomic E-state index is -0.581. The molecule has 0 aliphatic carbocycles. The number of amides is 1. The molecule has 1 aliphatic rings. The maximum absolute atomic E-state index is 11.4. The fourth-order valence-corrected chi connectivity index (χ4v) is 3.55. The van der Waals surface area contributed by atoms with Crippen molar-refractivity contribution >= 4 is 44.7 Å². The van der Waals surface area contributed by atoms with Crippen molar-refractivity contribution in [3.8, 4) is 5.88 Å². The van der Waals surface area contributed by atoms with Gasteiger partial charge in [-0.3, -0.25) is 4.79 Å². The molecule has 2 aromatic rings. The Labute approximate surface area is 129 Å². The highest BCUT2D eigenvalue weighted by molar-refractivity contribution is 7.21. The number of hydrogen-bond acceptors (Lipinski definition) is 7. The number of aromatic nitrogens is 2. The number of hydrogen-bond donors (Lipinski definition) is 1. The normalized spacial score (nSPS) is 15.4. The van der Waals surface area contributed by atoms with E-state index in [1.807, 2.05) is 0 Å². The minimum absolute atomic E-state index is 0.210. The van der Waals surface area contributed by atoms with E-state index in [-0.39, 0.29) is 10.9 Å². The molecular weight excluding hydrogens is 316 g/mol. The van der Waals surface area contributed by atoms with Crippen LogP contribution in [0.1, 0.15) is 9.80 Å². The Bertz CT molecular complexity index is 699. The first-order valence-corrected chi connectivity index (χ1v) is 7.47. The van der Waals surface area contributed by atoms with E-state index in [1.54, 1.807) is 0 Å². The molecule has 1 saturated heterocycles. The van der Waals surface area contributed by atoms with Gasteiger partial charge in [-0.2, -0.15) is 4.98 Å². The molecule has 7 nitrogen and oxygen atoms in total. The van der Waals surface area contributed by atoms with Crippen LogP contribution < -0.4 is 15.4 Å². The lowest BCUT2D eigenvalue weighted by atomic mass is 10.3. The van der Waals surface area contributed by atoms with Crippen LogP contribution in [0.5, 0.6) is 5.88 Å². The number of halogens is 1. The summed E-state index contributed by atoms with van der Waals surface area (Å²) < 4.78 is 11.3. The average molecular weight is 329 g/mol. The van der Waals surface area contributed by atoms with Crippen LogP contribution in [-0.4, -0.2) is 49.3 Å². The third-order valence-electron chi connectivity index (χ3n) is 3.17. The number of nitrogens with two attached hydrogens (primary N) is 1. The summed E-state index contributed by atoms with van der Waals surface area (Å²) in [5.74, 6) is -0.293. The van der Waals surface area contributed by atoms with Gasteiger partial charge in [0.15, 0.2) is 10.2 Å². The quantitative estimate of drug-likeness (QED) is 0.854. The maximum atomic E-state index is 11.4. The largest absolute Gasteiger partial charge is 0.479 e. The Hall–Kier alpha value is -1.64. The lowest BCUT2D eigenvalue weighted by Gasteiger charge is -2.29. The van der Waals surface area contributed by atoms with Crippen molar-refractivity contribution in [1.82, 2.24) is 9.97 Å². The summed E-state index contributed by atoms with van der Waals surface area (Å²) in [6.45, 7) is 2.63. The van der Waals surface area contributed by atoms with Gasteiger partial charge < -0.3 is 20.1 Å². The van der Waals surface area contributed by atoms with Gasteiger partial charge in [0.1, 0.15) is 5.52 Å². The fraction of sp³-hybridized carbons (Fsp3) is 0.417. The standard InChI is InChI=1S/C12H13ClN4O3S/c1-19-11-6-8(21-12(15-6)10(14)18)7(9(13)16-11)17-2-4-20-5-3-17/h2-5H2,1H3,(H2,14,18). The Kier molecular flexibility index (Phi) is 3.83. The van der Waals surface area contributed by atoms with Gasteiger partial charge in [0, 0.05) is 13.1 Å². The van der Waals surface area contributed by atoms with Gasteiger partial charge in [-0.05, 0) is 0 Å². The number of thiazole rings is 1. The van der Waals surface area contributed by atoms with Crippen molar-refractivity contribution in [1.29, 1.82) is 0 Å². The van der Waals surface area contributed by atoms with E-state index < -0.39 is 5.91 Å². The van der Waals surface area contributed by atoms with E-state index in [1.165, 1.54) is 18.4 Å². The summed E-state index contributed by atoms with van der Waals surface area (Å²) in [4.78, 5) is 21.9. The van der Waals surface area contributed by atoms with Crippen molar-refractivity contribution in [2.75, 3.05) is 38.3 Å². The highest BCUT2D eigenvalue weighted by Crippen LogP contribution is 2.40. The number of nitrogens with zero attached hydrogens (tertiary/aromatic N) is 3. The predicted molar refractivity (Wildman–Crippen MR) is 80.5 cm³/mol. The van der Waals surface area contributed by atoms with Crippen LogP contribution in [0.2, 0.25) is 5.15 Å². The molecule has 0 bridgehead atoms. The number of methoxy groups -OCH3 is 1. The molecule has 1 fully saturated rings. The van der Waals surface area contributed by atoms with E-state index in [0.717, 1.165) is 10.4 Å². The predicted octanol–water partition coefficient (Wildman–Crippen LogP) is 1.29. The zero-order valence-corrected chi connectivity index (χ0v) is 12.8. The topological polar surface area (TPSA) is 90.6 Å². The van der Waals surface area contributed by atoms with Gasteiger partial charge >= 0.3 is 0 Å². The first-order valence-electron chi connectivity index (χ1n) is 6.28. The summed E-state index contributed by atoms with van der Waals surface area (Å²) >= 11 is 7.50. The monoisotopic (exact) mass is 328 g/mol. The van der Waals surface area contributed by atoms with Gasteiger partial charge in [-0.15, -0.1) is 11.3 Å². The number of primary amides is 1. The number of carbonyl (C=O) groups excluding carboxylic acids is 1. The molecule has 1 aliphatic heterocycles. The third-order valence-corrected chi connectivity index (χ3v) is 4.51. The first kappa shape index (κ1) is 14.3. The molecule has 3 heterocycles. The summed E-state index contributed by atoms with van der Waals surface area (Å²) in [6, 6.07) is 0. The van der Waals surface area contributed by atoms with Crippen molar-refractivity contribution in [2.45, 2.75) is 0 Å². The van der Waals surface area contributed by atoms with Crippen LogP contribution in [0.25, 0.3) is 10.2 Å². The Morgan fingerprint density at radius 2 is 2.14 bits per heavy atom. The summed E-state index contributed by atoms with van der Waals surface area (Å²) in [7, 11) is 1.48. The lowest BCUT2D eigenvalue weighted by Crippen LogP contribution is -2.36. The van der Waals surface area contributed by atoms with E-state index in [4.69, 9.17) is 26.8 Å². The molecule has 0 atom stereocenters. The van der Waals surface area contributed by atoms with Gasteiger partial charge in [0.05, 0.1) is 30.7 Å². The summed E-state index contributed by atoms with van der Waals surface area (Å²) in [5.41, 5.74) is 6.57. The Morgan fingerprint density at radius 3 is 2.76 bits per heavy atom. The fourth-order valence-electron chi connectivity index (χ4n) is 2.22. The van der Waals surface area contributed by atoms with Crippen LogP contribution in [0.3, 0.4) is 0 Å². The first-order chi connectivity index (χ1) is 10.1. The zero-order chi connectivity index (χ0) is 15.0. The second-order valence-corrected chi connectivity index (χ2v) is 5.78. The van der Waals surface area contributed by atoms with Crippen LogP contribution in [0.4, 0.5) is 5.69 Å². The SMILES string of the molecule is COc1nc(Cl)c(N2CCOCC2)c2sc(C(N)=O)nc12. The number of morpholine rings is 1. The minimum Gasteiger partial charge on any atom is -0.479 e. The molecule has 112 valence electrons.